The zero-order valence-corrected chi connectivity index (χ0v) is 13.0. The number of rotatable bonds is 0. The van der Waals surface area contributed by atoms with Crippen molar-refractivity contribution in [3.8, 4) is 0 Å². The van der Waals surface area contributed by atoms with Crippen molar-refractivity contribution < 1.29 is 8.97 Å². The average Bonchev–Trinajstić information content (AvgIpc) is 2.91. The van der Waals surface area contributed by atoms with Crippen molar-refractivity contribution >= 4 is 0 Å². The Hall–Kier alpha value is -0.160. The summed E-state index contributed by atoms with van der Waals surface area (Å²) >= 11 is 0. The lowest BCUT2D eigenvalue weighted by atomic mass is 9.94. The van der Waals surface area contributed by atoms with Crippen LogP contribution in [0.4, 0.5) is 0 Å². The van der Waals surface area contributed by atoms with E-state index in [1.165, 1.54) is 67.1 Å². The maximum atomic E-state index is 3.05. The number of nitrogens with zero attached hydrogens (tertiary/aromatic N) is 4. The third kappa shape index (κ3) is 0.814. The molecule has 0 aromatic carbocycles. The Morgan fingerprint density at radius 3 is 2.15 bits per heavy atom. The van der Waals surface area contributed by atoms with Gasteiger partial charge in [0.2, 0.25) is 0 Å². The lowest BCUT2D eigenvalue weighted by Gasteiger charge is -2.66. The molecule has 0 N–H and O–H groups in total. The molecular formula is C16H28N4+2. The van der Waals surface area contributed by atoms with Crippen molar-refractivity contribution in [3.63, 3.8) is 0 Å². The van der Waals surface area contributed by atoms with Gasteiger partial charge in [-0.25, -0.2) is 8.97 Å². The highest BCUT2D eigenvalue weighted by Crippen LogP contribution is 2.67. The maximum absolute atomic E-state index is 3.05. The molecule has 20 heavy (non-hydrogen) atoms. The van der Waals surface area contributed by atoms with Crippen LogP contribution >= 0.6 is 0 Å². The number of quaternary nitrogens is 2. The third-order valence-electron chi connectivity index (χ3n) is 8.15. The zero-order valence-electron chi connectivity index (χ0n) is 13.0. The molecule has 7 atom stereocenters. The Kier molecular flexibility index (Phi) is 1.70. The van der Waals surface area contributed by atoms with E-state index in [2.05, 4.69) is 23.9 Å². The molecule has 6 aliphatic rings. The van der Waals surface area contributed by atoms with E-state index in [0.717, 1.165) is 24.3 Å². The first-order valence-electron chi connectivity index (χ1n) is 8.89. The van der Waals surface area contributed by atoms with Gasteiger partial charge in [0.1, 0.15) is 19.6 Å². The van der Waals surface area contributed by atoms with Gasteiger partial charge in [-0.1, -0.05) is 0 Å². The molecule has 0 radical (unpaired) electrons. The Labute approximate surface area is 122 Å². The Morgan fingerprint density at radius 2 is 1.40 bits per heavy atom. The fraction of sp³-hybridized carbons (Fsp3) is 1.00. The van der Waals surface area contributed by atoms with Gasteiger partial charge in [-0.15, -0.1) is 4.90 Å². The van der Waals surface area contributed by atoms with E-state index in [-0.39, 0.29) is 0 Å². The van der Waals surface area contributed by atoms with E-state index in [9.17, 15) is 0 Å². The molecule has 0 aromatic heterocycles. The summed E-state index contributed by atoms with van der Waals surface area (Å²) in [5, 5.41) is 0. The molecule has 6 aliphatic heterocycles. The predicted octanol–water partition coefficient (Wildman–Crippen LogP) is 0.949. The van der Waals surface area contributed by atoms with Gasteiger partial charge in [0.25, 0.3) is 0 Å². The van der Waals surface area contributed by atoms with Crippen molar-refractivity contribution in [2.24, 2.45) is 0 Å². The summed E-state index contributed by atoms with van der Waals surface area (Å²) < 4.78 is 2.73. The third-order valence-corrected chi connectivity index (χ3v) is 8.15. The van der Waals surface area contributed by atoms with Gasteiger partial charge >= 0.3 is 5.91 Å². The fourth-order valence-electron chi connectivity index (χ4n) is 8.10. The minimum absolute atomic E-state index is 0.380. The first-order valence-corrected chi connectivity index (χ1v) is 8.89. The highest BCUT2D eigenvalue weighted by molar-refractivity contribution is 5.10. The van der Waals surface area contributed by atoms with Crippen LogP contribution in [0.1, 0.15) is 38.5 Å². The first kappa shape index (κ1) is 11.4. The van der Waals surface area contributed by atoms with E-state index < -0.39 is 0 Å². The summed E-state index contributed by atoms with van der Waals surface area (Å²) in [7, 11) is 5.22. The van der Waals surface area contributed by atoms with Crippen molar-refractivity contribution in [3.05, 3.63) is 0 Å². The van der Waals surface area contributed by atoms with E-state index in [0.29, 0.717) is 5.91 Å². The topological polar surface area (TPSA) is 6.48 Å². The molecule has 0 aliphatic carbocycles. The first-order chi connectivity index (χ1) is 9.62. The standard InChI is InChI=1S/C16H28N4/c1-19-9-12-5-3-6-14-11-20(2)15-8-4-7-13(10-19)18(15)16(19,20)17(12)14/h12-15H,3-11H2,1-2H3/q+2/t12?,13?,14?,15?,16-,19?,20?/m1/s1. The lowest BCUT2D eigenvalue weighted by Crippen LogP contribution is -2.93. The van der Waals surface area contributed by atoms with Crippen molar-refractivity contribution in [2.75, 3.05) is 33.7 Å². The predicted molar refractivity (Wildman–Crippen MR) is 76.2 cm³/mol. The lowest BCUT2D eigenvalue weighted by molar-refractivity contribution is -1.21. The molecular weight excluding hydrogens is 248 g/mol. The summed E-state index contributed by atoms with van der Waals surface area (Å²) in [5.41, 5.74) is 0. The van der Waals surface area contributed by atoms with Gasteiger partial charge in [-0.05, 0) is 32.1 Å². The Balaban J connectivity index is 1.61. The smallest absolute Gasteiger partial charge is 0.242 e. The van der Waals surface area contributed by atoms with Crippen LogP contribution in [0.15, 0.2) is 0 Å². The molecule has 6 fully saturated rings. The largest absolute Gasteiger partial charge is 0.363 e. The van der Waals surface area contributed by atoms with Crippen LogP contribution < -0.4 is 0 Å². The van der Waals surface area contributed by atoms with Crippen LogP contribution in [0.2, 0.25) is 0 Å². The number of piperidine rings is 2. The van der Waals surface area contributed by atoms with Crippen molar-refractivity contribution in [1.82, 2.24) is 9.80 Å². The number of likely N-dealkylation sites (N-methyl/N-ethyl adjacent to an activating group) is 2. The second kappa shape index (κ2) is 2.98. The molecule has 0 saturated carbocycles. The van der Waals surface area contributed by atoms with Crippen LogP contribution in [0, 0.1) is 0 Å². The second-order valence-electron chi connectivity index (χ2n) is 8.93. The molecule has 6 saturated heterocycles. The molecule has 4 heteroatoms. The van der Waals surface area contributed by atoms with Gasteiger partial charge in [0, 0.05) is 6.42 Å². The Morgan fingerprint density at radius 1 is 0.800 bits per heavy atom. The van der Waals surface area contributed by atoms with Crippen LogP contribution in [-0.4, -0.2) is 82.7 Å². The van der Waals surface area contributed by atoms with Crippen molar-refractivity contribution in [2.45, 2.75) is 68.7 Å². The molecule has 0 amide bonds. The SMILES string of the molecule is C[N+]12CC3CCCC4C[N+]5(C)C6CCCC(C1)N6[C@]25N34. The molecule has 1 spiro atoms. The summed E-state index contributed by atoms with van der Waals surface area (Å²) in [6.45, 7) is 4.31. The van der Waals surface area contributed by atoms with E-state index >= 15 is 0 Å². The van der Waals surface area contributed by atoms with Crippen molar-refractivity contribution in [1.29, 1.82) is 0 Å². The van der Waals surface area contributed by atoms with Gasteiger partial charge < -0.3 is 0 Å². The van der Waals surface area contributed by atoms with Crippen LogP contribution in [0.25, 0.3) is 0 Å². The quantitative estimate of drug-likeness (QED) is 0.608. The monoisotopic (exact) mass is 276 g/mol. The van der Waals surface area contributed by atoms with E-state index in [1.54, 1.807) is 0 Å². The molecule has 4 nitrogen and oxygen atoms in total. The second-order valence-corrected chi connectivity index (χ2v) is 8.93. The molecule has 110 valence electrons. The van der Waals surface area contributed by atoms with E-state index in [4.69, 9.17) is 0 Å². The Bertz CT molecular complexity index is 505. The molecule has 6 unspecified atom stereocenters. The minimum Gasteiger partial charge on any atom is -0.242 e. The minimum atomic E-state index is 0.380. The van der Waals surface area contributed by atoms with Crippen LogP contribution in [0.3, 0.4) is 0 Å². The summed E-state index contributed by atoms with van der Waals surface area (Å²) in [6, 6.07) is 2.68. The fourth-order valence-corrected chi connectivity index (χ4v) is 8.10. The average molecular weight is 276 g/mol. The number of fused-ring (bicyclic) bond motifs is 1. The van der Waals surface area contributed by atoms with Crippen LogP contribution in [-0.2, 0) is 0 Å². The normalized spacial score (nSPS) is 66.9. The van der Waals surface area contributed by atoms with Crippen LogP contribution in [0.5, 0.6) is 0 Å². The van der Waals surface area contributed by atoms with E-state index in [1.807, 2.05) is 0 Å². The van der Waals surface area contributed by atoms with Gasteiger partial charge in [-0.3, -0.25) is 0 Å². The molecule has 6 rings (SSSR count). The molecule has 0 aromatic rings. The van der Waals surface area contributed by atoms with Gasteiger partial charge in [0.15, 0.2) is 6.17 Å². The highest BCUT2D eigenvalue weighted by atomic mass is 16.0. The maximum Gasteiger partial charge on any atom is 0.363 e. The number of hydrogen-bond acceptors (Lipinski definition) is 2. The highest BCUT2D eigenvalue weighted by Gasteiger charge is 2.94. The molecule has 0 bridgehead atoms. The van der Waals surface area contributed by atoms with Gasteiger partial charge in [-0.2, -0.15) is 4.90 Å². The zero-order chi connectivity index (χ0) is 13.3. The van der Waals surface area contributed by atoms with Gasteiger partial charge in [0.05, 0.1) is 32.2 Å². The number of hydrogen-bond donors (Lipinski definition) is 0. The summed E-state index contributed by atoms with van der Waals surface area (Å²) in [5.74, 6) is 0.380. The summed E-state index contributed by atoms with van der Waals surface area (Å²) in [4.78, 5) is 6.08. The molecule has 6 heterocycles. The summed E-state index contributed by atoms with van der Waals surface area (Å²) in [6.07, 6.45) is 9.68.